The SMILES string of the molecule is N/C(=N\O)c1cccc(COCc2ccc3c(c2)OCO3)c1. The maximum absolute atomic E-state index is 8.69. The summed E-state index contributed by atoms with van der Waals surface area (Å²) in [5, 5.41) is 11.7. The van der Waals surface area contributed by atoms with E-state index in [-0.39, 0.29) is 12.6 Å². The lowest BCUT2D eigenvalue weighted by Crippen LogP contribution is -2.13. The summed E-state index contributed by atoms with van der Waals surface area (Å²) in [5.41, 5.74) is 8.19. The van der Waals surface area contributed by atoms with Gasteiger partial charge in [-0.2, -0.15) is 0 Å². The molecule has 114 valence electrons. The average molecular weight is 300 g/mol. The summed E-state index contributed by atoms with van der Waals surface area (Å²) in [7, 11) is 0. The Labute approximate surface area is 127 Å². The average Bonchev–Trinajstić information content (AvgIpc) is 3.02. The van der Waals surface area contributed by atoms with Crippen molar-refractivity contribution in [3.63, 3.8) is 0 Å². The van der Waals surface area contributed by atoms with Crippen LogP contribution in [0.1, 0.15) is 16.7 Å². The summed E-state index contributed by atoms with van der Waals surface area (Å²) in [6.45, 7) is 1.16. The third-order valence-electron chi connectivity index (χ3n) is 3.30. The van der Waals surface area contributed by atoms with E-state index in [1.165, 1.54) is 0 Å². The van der Waals surface area contributed by atoms with E-state index in [0.717, 1.165) is 22.6 Å². The lowest BCUT2D eigenvalue weighted by Gasteiger charge is -2.07. The second-order valence-electron chi connectivity index (χ2n) is 4.87. The van der Waals surface area contributed by atoms with Gasteiger partial charge in [-0.1, -0.05) is 29.4 Å². The van der Waals surface area contributed by atoms with Gasteiger partial charge in [-0.3, -0.25) is 0 Å². The lowest BCUT2D eigenvalue weighted by molar-refractivity contribution is 0.107. The number of amidine groups is 1. The van der Waals surface area contributed by atoms with Crippen molar-refractivity contribution in [2.24, 2.45) is 10.9 Å². The van der Waals surface area contributed by atoms with Crippen molar-refractivity contribution in [3.05, 3.63) is 59.2 Å². The molecule has 22 heavy (non-hydrogen) atoms. The zero-order valence-corrected chi connectivity index (χ0v) is 11.9. The molecule has 0 spiro atoms. The van der Waals surface area contributed by atoms with Crippen LogP contribution >= 0.6 is 0 Å². The van der Waals surface area contributed by atoms with Gasteiger partial charge in [-0.15, -0.1) is 0 Å². The van der Waals surface area contributed by atoms with Crippen molar-refractivity contribution in [2.75, 3.05) is 6.79 Å². The van der Waals surface area contributed by atoms with Gasteiger partial charge in [0.2, 0.25) is 6.79 Å². The van der Waals surface area contributed by atoms with Crippen LogP contribution in [0.2, 0.25) is 0 Å². The molecule has 0 amide bonds. The molecule has 0 unspecified atom stereocenters. The zero-order valence-electron chi connectivity index (χ0n) is 11.9. The number of ether oxygens (including phenoxy) is 3. The second kappa shape index (κ2) is 6.36. The highest BCUT2D eigenvalue weighted by Gasteiger charge is 2.13. The number of nitrogens with two attached hydrogens (primary N) is 1. The number of nitrogens with zero attached hydrogens (tertiary/aromatic N) is 1. The molecule has 2 aromatic rings. The van der Waals surface area contributed by atoms with E-state index >= 15 is 0 Å². The Balaban J connectivity index is 1.59. The van der Waals surface area contributed by atoms with Crippen molar-refractivity contribution in [2.45, 2.75) is 13.2 Å². The van der Waals surface area contributed by atoms with E-state index < -0.39 is 0 Å². The Morgan fingerprint density at radius 2 is 1.86 bits per heavy atom. The van der Waals surface area contributed by atoms with Crippen molar-refractivity contribution in [3.8, 4) is 11.5 Å². The number of hydrogen-bond acceptors (Lipinski definition) is 5. The molecule has 6 nitrogen and oxygen atoms in total. The van der Waals surface area contributed by atoms with Gasteiger partial charge in [-0.05, 0) is 29.3 Å². The van der Waals surface area contributed by atoms with E-state index in [0.29, 0.717) is 18.8 Å². The van der Waals surface area contributed by atoms with Crippen LogP contribution in [0.3, 0.4) is 0 Å². The normalized spacial score (nSPS) is 13.4. The molecule has 3 N–H and O–H groups in total. The first kappa shape index (κ1) is 14.2. The van der Waals surface area contributed by atoms with Crippen LogP contribution in [0.25, 0.3) is 0 Å². The van der Waals surface area contributed by atoms with Gasteiger partial charge < -0.3 is 25.2 Å². The highest BCUT2D eigenvalue weighted by atomic mass is 16.7. The van der Waals surface area contributed by atoms with E-state index in [4.69, 9.17) is 25.2 Å². The molecule has 1 heterocycles. The zero-order chi connectivity index (χ0) is 15.4. The number of oxime groups is 1. The van der Waals surface area contributed by atoms with Gasteiger partial charge in [0.1, 0.15) is 0 Å². The Morgan fingerprint density at radius 1 is 1.09 bits per heavy atom. The molecule has 0 aromatic heterocycles. The van der Waals surface area contributed by atoms with Crippen LogP contribution in [0.5, 0.6) is 11.5 Å². The third-order valence-corrected chi connectivity index (χ3v) is 3.30. The second-order valence-corrected chi connectivity index (χ2v) is 4.87. The van der Waals surface area contributed by atoms with Crippen LogP contribution in [0, 0.1) is 0 Å². The first-order valence-electron chi connectivity index (χ1n) is 6.79. The van der Waals surface area contributed by atoms with Crippen molar-refractivity contribution >= 4 is 5.84 Å². The Kier molecular flexibility index (Phi) is 4.11. The van der Waals surface area contributed by atoms with E-state index in [2.05, 4.69) is 5.16 Å². The molecule has 0 atom stereocenters. The highest BCUT2D eigenvalue weighted by Crippen LogP contribution is 2.32. The van der Waals surface area contributed by atoms with Gasteiger partial charge in [0.05, 0.1) is 13.2 Å². The van der Waals surface area contributed by atoms with Gasteiger partial charge in [-0.25, -0.2) is 0 Å². The Bertz CT molecular complexity index is 700. The molecule has 3 rings (SSSR count). The lowest BCUT2D eigenvalue weighted by atomic mass is 10.1. The van der Waals surface area contributed by atoms with Crippen LogP contribution in [0.4, 0.5) is 0 Å². The predicted octanol–water partition coefficient (Wildman–Crippen LogP) is 2.23. The fourth-order valence-electron chi connectivity index (χ4n) is 2.20. The summed E-state index contributed by atoms with van der Waals surface area (Å²) >= 11 is 0. The number of fused-ring (bicyclic) bond motifs is 1. The predicted molar refractivity (Wildman–Crippen MR) is 80.0 cm³/mol. The fourth-order valence-corrected chi connectivity index (χ4v) is 2.20. The quantitative estimate of drug-likeness (QED) is 0.383. The van der Waals surface area contributed by atoms with Crippen LogP contribution < -0.4 is 15.2 Å². The number of rotatable bonds is 5. The minimum absolute atomic E-state index is 0.0811. The minimum Gasteiger partial charge on any atom is -0.454 e. The number of benzene rings is 2. The summed E-state index contributed by atoms with van der Waals surface area (Å²) in [4.78, 5) is 0. The Hall–Kier alpha value is -2.73. The summed E-state index contributed by atoms with van der Waals surface area (Å²) in [5.74, 6) is 1.59. The Morgan fingerprint density at radius 3 is 2.68 bits per heavy atom. The monoisotopic (exact) mass is 300 g/mol. The molecule has 0 saturated heterocycles. The van der Waals surface area contributed by atoms with Crippen molar-refractivity contribution in [1.82, 2.24) is 0 Å². The molecule has 0 aliphatic carbocycles. The molecular formula is C16H16N2O4. The smallest absolute Gasteiger partial charge is 0.231 e. The first-order valence-corrected chi connectivity index (χ1v) is 6.79. The van der Waals surface area contributed by atoms with Gasteiger partial charge >= 0.3 is 0 Å². The summed E-state index contributed by atoms with van der Waals surface area (Å²) < 4.78 is 16.3. The molecule has 0 saturated carbocycles. The van der Waals surface area contributed by atoms with Gasteiger partial charge in [0.25, 0.3) is 0 Å². The van der Waals surface area contributed by atoms with Crippen molar-refractivity contribution < 1.29 is 19.4 Å². The topological polar surface area (TPSA) is 86.3 Å². The van der Waals surface area contributed by atoms with Crippen LogP contribution in [0.15, 0.2) is 47.6 Å². The fraction of sp³-hybridized carbons (Fsp3) is 0.188. The summed E-state index contributed by atoms with van der Waals surface area (Å²) in [6.07, 6.45) is 0. The number of hydrogen-bond donors (Lipinski definition) is 2. The maximum atomic E-state index is 8.69. The van der Waals surface area contributed by atoms with E-state index in [9.17, 15) is 0 Å². The van der Waals surface area contributed by atoms with E-state index in [1.54, 1.807) is 6.07 Å². The molecule has 1 aliphatic heterocycles. The molecule has 1 aliphatic rings. The van der Waals surface area contributed by atoms with Crippen LogP contribution in [-0.4, -0.2) is 17.8 Å². The van der Waals surface area contributed by atoms with Crippen molar-refractivity contribution in [1.29, 1.82) is 0 Å². The van der Waals surface area contributed by atoms with E-state index in [1.807, 2.05) is 36.4 Å². The van der Waals surface area contributed by atoms with Crippen LogP contribution in [-0.2, 0) is 18.0 Å². The molecule has 0 bridgehead atoms. The minimum atomic E-state index is 0.0811. The molecule has 0 fully saturated rings. The highest BCUT2D eigenvalue weighted by molar-refractivity contribution is 5.97. The summed E-state index contributed by atoms with van der Waals surface area (Å²) in [6, 6.07) is 13.1. The van der Waals surface area contributed by atoms with Gasteiger partial charge in [0.15, 0.2) is 17.3 Å². The third kappa shape index (κ3) is 3.12. The maximum Gasteiger partial charge on any atom is 0.231 e. The molecule has 2 aromatic carbocycles. The molecule has 6 heteroatoms. The largest absolute Gasteiger partial charge is 0.454 e. The molecular weight excluding hydrogens is 284 g/mol. The van der Waals surface area contributed by atoms with Gasteiger partial charge in [0, 0.05) is 5.56 Å². The first-order chi connectivity index (χ1) is 10.8. The molecule has 0 radical (unpaired) electrons. The standard InChI is InChI=1S/C16H16N2O4/c17-16(18-19)13-3-1-2-11(6-13)8-20-9-12-4-5-14-15(7-12)22-10-21-14/h1-7,19H,8-10H2,(H2,17,18).